The fourth-order valence-corrected chi connectivity index (χ4v) is 15.5. The largest absolute Gasteiger partial charge is 0.466 e. The molecule has 22 heteroatoms. The van der Waals surface area contributed by atoms with E-state index in [-0.39, 0.29) is 62.3 Å². The lowest BCUT2D eigenvalue weighted by Gasteiger charge is -2.16. The third-order valence-electron chi connectivity index (χ3n) is 18.8. The number of fused-ring (bicyclic) bond motifs is 10. The van der Waals surface area contributed by atoms with Gasteiger partial charge in [0.15, 0.2) is 0 Å². The summed E-state index contributed by atoms with van der Waals surface area (Å²) >= 11 is 2.76. The molecular weight excluding hydrogens is 1360 g/mol. The number of rotatable bonds is 23. The zero-order chi connectivity index (χ0) is 72.4. The Morgan fingerprint density at radius 1 is 0.433 bits per heavy atom. The Bertz CT molecular complexity index is 5680. The van der Waals surface area contributed by atoms with E-state index in [1.54, 1.807) is 0 Å². The molecule has 4 heterocycles. The van der Waals surface area contributed by atoms with Crippen molar-refractivity contribution in [3.05, 3.63) is 223 Å². The minimum Gasteiger partial charge on any atom is -0.466 e. The van der Waals surface area contributed by atoms with Crippen LogP contribution in [0.5, 0.6) is 0 Å². The van der Waals surface area contributed by atoms with E-state index in [1.807, 2.05) is 151 Å². The minimum atomic E-state index is -0.643. The molecule has 0 saturated carbocycles. The number of ether oxygens (including phenoxy) is 2. The topological polar surface area (TPSA) is 251 Å². The Morgan fingerprint density at radius 2 is 0.894 bits per heavy atom. The van der Waals surface area contributed by atoms with Crippen molar-refractivity contribution in [3.8, 4) is 11.4 Å². The van der Waals surface area contributed by atoms with Crippen LogP contribution in [-0.2, 0) is 64.0 Å². The summed E-state index contributed by atoms with van der Waals surface area (Å²) in [6, 6.07) is 50.4. The normalized spacial score (nSPS) is 15.1. The van der Waals surface area contributed by atoms with E-state index in [9.17, 15) is 38.4 Å². The third-order valence-corrected chi connectivity index (χ3v) is 20.5. The SMILES string of the molecule is CC(=O)ON=C1CC(C)c2cc3c(cc21)c1cc(C(=O)c2cccs2)ccc1n3-c1ccc(/C(CCC(=O)OCCCCOC(=O)CC/C(=N\OC(C)=O)c2ccc(-n3c4ccc(C(=O)c5cccs5)cc4c4cc5c(cc43)CC(C)C5=NOC(C)=O)c3ccccc23)=N/OC(C)=O)c2ccccc12. The van der Waals surface area contributed by atoms with Crippen LogP contribution < -0.4 is 0 Å². The number of esters is 2. The number of nitrogens with zero attached hydrogens (tertiary/aromatic N) is 6. The van der Waals surface area contributed by atoms with Crippen LogP contribution in [0.3, 0.4) is 0 Å². The van der Waals surface area contributed by atoms with Gasteiger partial charge in [0.2, 0.25) is 11.6 Å². The maximum atomic E-state index is 13.8. The number of aromatic nitrogens is 2. The van der Waals surface area contributed by atoms with Crippen molar-refractivity contribution in [1.29, 1.82) is 0 Å². The van der Waals surface area contributed by atoms with Gasteiger partial charge in [-0.2, -0.15) is 0 Å². The van der Waals surface area contributed by atoms with Crippen LogP contribution >= 0.6 is 22.7 Å². The molecule has 0 bridgehead atoms. The molecule has 20 nitrogen and oxygen atoms in total. The summed E-state index contributed by atoms with van der Waals surface area (Å²) in [6.07, 6.45) is 1.87. The van der Waals surface area contributed by atoms with Gasteiger partial charge in [0.25, 0.3) is 0 Å². The molecule has 0 radical (unpaired) electrons. The molecule has 2 unspecified atom stereocenters. The van der Waals surface area contributed by atoms with E-state index >= 15 is 0 Å². The summed E-state index contributed by atoms with van der Waals surface area (Å²) in [5.74, 6) is -3.53. The second-order valence-corrected chi connectivity index (χ2v) is 27.8. The fourth-order valence-electron chi connectivity index (χ4n) is 14.1. The van der Waals surface area contributed by atoms with Gasteiger partial charge in [-0.25, -0.2) is 19.2 Å². The van der Waals surface area contributed by atoms with Crippen molar-refractivity contribution >= 4 is 158 Å². The van der Waals surface area contributed by atoms with Gasteiger partial charge in [0.05, 0.1) is 92.1 Å². The summed E-state index contributed by atoms with van der Waals surface area (Å²) in [5.41, 5.74) is 13.2. The minimum absolute atomic E-state index is 0.0333. The molecule has 0 amide bonds. The molecule has 104 heavy (non-hydrogen) atoms. The van der Waals surface area contributed by atoms with Crippen molar-refractivity contribution in [3.63, 3.8) is 0 Å². The molecule has 12 aromatic rings. The van der Waals surface area contributed by atoms with Gasteiger partial charge < -0.3 is 38.0 Å². The molecule has 0 N–H and O–H groups in total. The van der Waals surface area contributed by atoms with Crippen LogP contribution in [0.15, 0.2) is 189 Å². The number of ketones is 2. The standard InChI is InChI=1S/C82H68N6O14S2/c1-45-38-69(85-101-49(5)91)62-43-66-64-40-52(82(96)77-20-14-36-104-77)22-28-73(64)88(75(66)44-60(45)62)71-30-24-57(55-16-8-10-18-59(55)71)68(84-100-48(4)90)26-32-79(94)98-34-12-11-33-97-78(93)31-25-67(83-99-47(3)89)56-23-29-70(58-17-9-7-15-54(56)58)87-72-27-21-51(81(95)76-19-13-35-103-76)39-63(72)65-42-61-53(41-74(65)87)37-46(2)80(61)86-102-50(6)92/h7-10,13-24,27-30,35-36,39-46H,11-12,25-26,31-34,37-38H2,1-6H3/b83-67+,84-68+,85-69?,86-80?. The number of oxime groups is 4. The number of thiophene rings is 2. The first-order chi connectivity index (χ1) is 50.4. The number of hydrogen-bond acceptors (Lipinski definition) is 20. The Kier molecular flexibility index (Phi) is 19.7. The van der Waals surface area contributed by atoms with E-state index in [0.717, 1.165) is 98.8 Å². The first kappa shape index (κ1) is 69.2. The quantitative estimate of drug-likeness (QED) is 0.0144. The molecule has 0 spiro atoms. The summed E-state index contributed by atoms with van der Waals surface area (Å²) < 4.78 is 15.7. The molecule has 2 atom stereocenters. The summed E-state index contributed by atoms with van der Waals surface area (Å²) in [6.45, 7) is 9.34. The lowest BCUT2D eigenvalue weighted by Crippen LogP contribution is -2.13. The predicted molar refractivity (Wildman–Crippen MR) is 401 cm³/mol. The molecular formula is C82H68N6O14S2. The van der Waals surface area contributed by atoms with E-state index in [4.69, 9.17) is 28.8 Å². The molecule has 2 aliphatic rings. The molecule has 0 saturated heterocycles. The van der Waals surface area contributed by atoms with Crippen molar-refractivity contribution < 1.29 is 67.2 Å². The lowest BCUT2D eigenvalue weighted by atomic mass is 9.97. The van der Waals surface area contributed by atoms with Gasteiger partial charge >= 0.3 is 35.8 Å². The van der Waals surface area contributed by atoms with Crippen molar-refractivity contribution in [2.24, 2.45) is 26.5 Å². The van der Waals surface area contributed by atoms with Crippen molar-refractivity contribution in [1.82, 2.24) is 9.13 Å². The van der Waals surface area contributed by atoms with Gasteiger partial charge in [0, 0.05) is 119 Å². The second kappa shape index (κ2) is 29.6. The zero-order valence-electron chi connectivity index (χ0n) is 57.6. The van der Waals surface area contributed by atoms with Gasteiger partial charge in [-0.15, -0.1) is 22.7 Å². The number of carbonyl (C=O) groups is 8. The Balaban J connectivity index is 0.650. The van der Waals surface area contributed by atoms with Crippen LogP contribution in [-0.4, -0.2) is 92.6 Å². The Morgan fingerprint density at radius 3 is 1.38 bits per heavy atom. The number of carbonyl (C=O) groups excluding carboxylic acids is 8. The van der Waals surface area contributed by atoms with Crippen LogP contribution in [0.4, 0.5) is 0 Å². The maximum absolute atomic E-state index is 13.8. The summed E-state index contributed by atoms with van der Waals surface area (Å²) in [5, 5.41) is 27.4. The smallest absolute Gasteiger partial charge is 0.331 e. The molecule has 4 aromatic heterocycles. The Labute approximate surface area is 603 Å². The van der Waals surface area contributed by atoms with Crippen LogP contribution in [0.25, 0.3) is 76.5 Å². The van der Waals surface area contributed by atoms with Gasteiger partial charge in [-0.1, -0.05) is 107 Å². The van der Waals surface area contributed by atoms with Crippen LogP contribution in [0.2, 0.25) is 0 Å². The van der Waals surface area contributed by atoms with Crippen LogP contribution in [0.1, 0.15) is 156 Å². The summed E-state index contributed by atoms with van der Waals surface area (Å²) in [4.78, 5) is 125. The lowest BCUT2D eigenvalue weighted by molar-refractivity contribution is -0.146. The highest BCUT2D eigenvalue weighted by molar-refractivity contribution is 7.12. The van der Waals surface area contributed by atoms with Gasteiger partial charge in [-0.05, 0) is 143 Å². The molecule has 522 valence electrons. The number of benzene rings is 8. The average molecular weight is 1430 g/mol. The average Bonchev–Trinajstić information content (AvgIpc) is 1.59. The van der Waals surface area contributed by atoms with Crippen molar-refractivity contribution in [2.75, 3.05) is 13.2 Å². The maximum Gasteiger partial charge on any atom is 0.331 e. The van der Waals surface area contributed by atoms with Gasteiger partial charge in [-0.3, -0.25) is 19.2 Å². The summed E-state index contributed by atoms with van der Waals surface area (Å²) in [7, 11) is 0. The molecule has 8 aromatic carbocycles. The fraction of sp³-hybridized carbons (Fsp3) is 0.220. The van der Waals surface area contributed by atoms with E-state index in [2.05, 4.69) is 60.9 Å². The second-order valence-electron chi connectivity index (χ2n) is 25.9. The molecule has 2 aliphatic carbocycles. The molecule has 0 aliphatic heterocycles. The third kappa shape index (κ3) is 13.9. The molecule has 14 rings (SSSR count). The highest BCUT2D eigenvalue weighted by atomic mass is 32.1. The first-order valence-corrected chi connectivity index (χ1v) is 35.9. The monoisotopic (exact) mass is 1420 g/mol. The number of hydrogen-bond donors (Lipinski definition) is 0. The van der Waals surface area contributed by atoms with Crippen LogP contribution in [0, 0.1) is 5.92 Å². The van der Waals surface area contributed by atoms with E-state index in [0.29, 0.717) is 80.5 Å². The first-order valence-electron chi connectivity index (χ1n) is 34.1. The van der Waals surface area contributed by atoms with E-state index in [1.165, 1.54) is 50.4 Å². The highest BCUT2D eigenvalue weighted by Crippen LogP contribution is 2.44. The van der Waals surface area contributed by atoms with Gasteiger partial charge in [0.1, 0.15) is 0 Å². The number of unbranched alkanes of at least 4 members (excludes halogenated alkanes) is 1. The van der Waals surface area contributed by atoms with Crippen molar-refractivity contribution in [2.45, 2.75) is 98.8 Å². The molecule has 0 fully saturated rings. The van der Waals surface area contributed by atoms with E-state index < -0.39 is 35.8 Å². The predicted octanol–water partition coefficient (Wildman–Crippen LogP) is 16.7. The Hall–Kier alpha value is -11.9. The highest BCUT2D eigenvalue weighted by Gasteiger charge is 2.32. The zero-order valence-corrected chi connectivity index (χ0v) is 59.2.